The molecule has 10 heteroatoms. The van der Waals surface area contributed by atoms with Crippen LogP contribution in [0.4, 0.5) is 45.2 Å². The van der Waals surface area contributed by atoms with Gasteiger partial charge in [-0.1, -0.05) is 6.07 Å². The number of alkyl halides is 9. The lowest BCUT2D eigenvalue weighted by Gasteiger charge is -2.14. The van der Waals surface area contributed by atoms with Crippen molar-refractivity contribution < 1.29 is 39.5 Å². The Bertz CT molecular complexity index is 602. The number of allylic oxidation sites excluding steroid dienone is 2. The average molecular weight is 349 g/mol. The molecule has 0 aliphatic rings. The molecule has 23 heavy (non-hydrogen) atoms. The molecule has 0 heterocycles. The zero-order valence-corrected chi connectivity index (χ0v) is 11.2. The number of rotatable bonds is 2. The lowest BCUT2D eigenvalue weighted by atomic mass is 10.1. The third kappa shape index (κ3) is 5.61. The molecule has 0 spiro atoms. The van der Waals surface area contributed by atoms with Crippen LogP contribution in [0, 0.1) is 0 Å². The van der Waals surface area contributed by atoms with Crippen molar-refractivity contribution in [2.45, 2.75) is 25.5 Å². The van der Waals surface area contributed by atoms with E-state index in [1.807, 2.05) is 0 Å². The van der Waals surface area contributed by atoms with Crippen LogP contribution in [-0.2, 0) is 6.18 Å². The Morgan fingerprint density at radius 2 is 1.43 bits per heavy atom. The minimum Gasteiger partial charge on any atom is -0.254 e. The lowest BCUT2D eigenvalue weighted by Crippen LogP contribution is -2.26. The topological polar surface area (TPSA) is 12.4 Å². The van der Waals surface area contributed by atoms with E-state index in [4.69, 9.17) is 0 Å². The fraction of sp³-hybridized carbons (Fsp3) is 0.308. The normalized spacial score (nSPS) is 13.9. The van der Waals surface area contributed by atoms with Gasteiger partial charge in [0.1, 0.15) is 5.57 Å². The Labute approximate surface area is 124 Å². The van der Waals surface area contributed by atoms with Gasteiger partial charge in [0.2, 0.25) is 0 Å². The molecule has 0 radical (unpaired) electrons. The first-order valence-corrected chi connectivity index (χ1v) is 5.80. The number of halogens is 9. The Balaban J connectivity index is 3.25. The maximum Gasteiger partial charge on any atom is 0.421 e. The van der Waals surface area contributed by atoms with Crippen molar-refractivity contribution >= 4 is 11.4 Å². The van der Waals surface area contributed by atoms with Crippen LogP contribution in [-0.4, -0.2) is 18.1 Å². The van der Waals surface area contributed by atoms with E-state index in [0.717, 1.165) is 19.1 Å². The van der Waals surface area contributed by atoms with E-state index in [0.29, 0.717) is 12.1 Å². The Morgan fingerprint density at radius 3 is 1.87 bits per heavy atom. The highest BCUT2D eigenvalue weighted by Gasteiger charge is 2.50. The number of hydrogen-bond donors (Lipinski definition) is 0. The molecular weight excluding hydrogens is 341 g/mol. The highest BCUT2D eigenvalue weighted by Crippen LogP contribution is 2.38. The predicted octanol–water partition coefficient (Wildman–Crippen LogP) is 5.85. The number of aliphatic imine (C=N–C) groups is 1. The summed E-state index contributed by atoms with van der Waals surface area (Å²) in [5.41, 5.74) is -5.08. The van der Waals surface area contributed by atoms with Crippen LogP contribution in [0.3, 0.4) is 0 Å². The van der Waals surface area contributed by atoms with Crippen LogP contribution in [0.5, 0.6) is 0 Å². The highest BCUT2D eigenvalue weighted by atomic mass is 19.4. The van der Waals surface area contributed by atoms with Crippen molar-refractivity contribution in [3.8, 4) is 0 Å². The molecule has 1 aromatic rings. The molecule has 0 amide bonds. The monoisotopic (exact) mass is 349 g/mol. The van der Waals surface area contributed by atoms with E-state index in [1.54, 1.807) is 0 Å². The summed E-state index contributed by atoms with van der Waals surface area (Å²) in [6, 6.07) is 3.17. The molecule has 0 N–H and O–H groups in total. The summed E-state index contributed by atoms with van der Waals surface area (Å²) in [7, 11) is 0. The fourth-order valence-electron chi connectivity index (χ4n) is 1.52. The SMILES string of the molecule is CC(C=C(C(F)(F)F)C(F)(F)F)=Nc1cccc(C(F)(F)F)c1. The standard InChI is InChI=1S/C13H8F9N/c1-7(5-10(12(17,18)19)13(20,21)22)23-9-4-2-3-8(6-9)11(14,15)16/h2-6H,1H3. The van der Waals surface area contributed by atoms with Crippen LogP contribution in [0.15, 0.2) is 40.9 Å². The van der Waals surface area contributed by atoms with Gasteiger partial charge in [-0.2, -0.15) is 39.5 Å². The van der Waals surface area contributed by atoms with Gasteiger partial charge in [-0.05, 0) is 31.2 Å². The number of hydrogen-bond acceptors (Lipinski definition) is 1. The second kappa shape index (κ2) is 6.25. The maximum atomic E-state index is 12.5. The van der Waals surface area contributed by atoms with Crippen molar-refractivity contribution in [2.24, 2.45) is 4.99 Å². The van der Waals surface area contributed by atoms with Gasteiger partial charge >= 0.3 is 18.5 Å². The summed E-state index contributed by atoms with van der Waals surface area (Å²) < 4.78 is 111. The molecule has 0 fully saturated rings. The predicted molar refractivity (Wildman–Crippen MR) is 64.4 cm³/mol. The molecule has 0 aliphatic heterocycles. The number of benzene rings is 1. The van der Waals surface area contributed by atoms with Crippen molar-refractivity contribution in [3.63, 3.8) is 0 Å². The van der Waals surface area contributed by atoms with Crippen molar-refractivity contribution in [2.75, 3.05) is 0 Å². The summed E-state index contributed by atoms with van der Waals surface area (Å²) in [4.78, 5) is 3.34. The number of nitrogens with zero attached hydrogens (tertiary/aromatic N) is 1. The van der Waals surface area contributed by atoms with E-state index in [2.05, 4.69) is 4.99 Å². The molecule has 0 aromatic heterocycles. The quantitative estimate of drug-likeness (QED) is 0.469. The molecule has 1 aromatic carbocycles. The van der Waals surface area contributed by atoms with E-state index in [9.17, 15) is 39.5 Å². The molecule has 1 nitrogen and oxygen atoms in total. The molecule has 0 bridgehead atoms. The summed E-state index contributed by atoms with van der Waals surface area (Å²) in [5.74, 6) is 0. The van der Waals surface area contributed by atoms with Crippen molar-refractivity contribution in [1.82, 2.24) is 0 Å². The van der Waals surface area contributed by atoms with E-state index in [-0.39, 0.29) is 6.08 Å². The van der Waals surface area contributed by atoms with E-state index >= 15 is 0 Å². The molecule has 1 rings (SSSR count). The van der Waals surface area contributed by atoms with Crippen molar-refractivity contribution in [1.29, 1.82) is 0 Å². The summed E-state index contributed by atoms with van der Waals surface area (Å²) in [6.45, 7) is 0.817. The first kappa shape index (κ1) is 19.0. The second-order valence-corrected chi connectivity index (χ2v) is 4.35. The fourth-order valence-corrected chi connectivity index (χ4v) is 1.52. The summed E-state index contributed by atoms with van der Waals surface area (Å²) in [6.07, 6.45) is -16.3. The van der Waals surface area contributed by atoms with E-state index in [1.165, 1.54) is 0 Å². The van der Waals surface area contributed by atoms with Crippen molar-refractivity contribution in [3.05, 3.63) is 41.5 Å². The molecule has 0 atom stereocenters. The van der Waals surface area contributed by atoms with Gasteiger partial charge in [-0.25, -0.2) is 0 Å². The van der Waals surface area contributed by atoms with Crippen LogP contribution >= 0.6 is 0 Å². The average Bonchev–Trinajstić information content (AvgIpc) is 2.32. The molecule has 128 valence electrons. The van der Waals surface area contributed by atoms with Gasteiger partial charge in [0.25, 0.3) is 0 Å². The van der Waals surface area contributed by atoms with Crippen LogP contribution in [0.1, 0.15) is 12.5 Å². The Morgan fingerprint density at radius 1 is 0.913 bits per heavy atom. The zero-order valence-electron chi connectivity index (χ0n) is 11.2. The lowest BCUT2D eigenvalue weighted by molar-refractivity contribution is -0.171. The Kier molecular flexibility index (Phi) is 5.17. The van der Waals surface area contributed by atoms with Crippen LogP contribution in [0.25, 0.3) is 0 Å². The summed E-state index contributed by atoms with van der Waals surface area (Å²) >= 11 is 0. The van der Waals surface area contributed by atoms with Crippen LogP contribution < -0.4 is 0 Å². The van der Waals surface area contributed by atoms with Gasteiger partial charge < -0.3 is 0 Å². The maximum absolute atomic E-state index is 12.5. The zero-order chi connectivity index (χ0) is 18.1. The molecule has 0 saturated carbocycles. The smallest absolute Gasteiger partial charge is 0.254 e. The first-order chi connectivity index (χ1) is 10.2. The molecular formula is C13H8F9N. The van der Waals surface area contributed by atoms with Gasteiger partial charge in [0, 0.05) is 5.71 Å². The second-order valence-electron chi connectivity index (χ2n) is 4.35. The van der Waals surface area contributed by atoms with Gasteiger partial charge in [0.05, 0.1) is 11.3 Å². The Hall–Kier alpha value is -2.00. The third-order valence-electron chi connectivity index (χ3n) is 2.44. The van der Waals surface area contributed by atoms with Gasteiger partial charge in [-0.15, -0.1) is 0 Å². The molecule has 0 saturated heterocycles. The molecule has 0 unspecified atom stereocenters. The minimum absolute atomic E-state index is 0.264. The van der Waals surface area contributed by atoms with E-state index < -0.39 is 41.1 Å². The third-order valence-corrected chi connectivity index (χ3v) is 2.44. The molecule has 0 aliphatic carbocycles. The van der Waals surface area contributed by atoms with Gasteiger partial charge in [-0.3, -0.25) is 4.99 Å². The first-order valence-electron chi connectivity index (χ1n) is 5.80. The minimum atomic E-state index is -5.66. The highest BCUT2D eigenvalue weighted by molar-refractivity contribution is 5.95. The largest absolute Gasteiger partial charge is 0.421 e. The van der Waals surface area contributed by atoms with Gasteiger partial charge in [0.15, 0.2) is 0 Å². The summed E-state index contributed by atoms with van der Waals surface area (Å²) in [5, 5.41) is 0. The van der Waals surface area contributed by atoms with Crippen LogP contribution in [0.2, 0.25) is 0 Å².